The van der Waals surface area contributed by atoms with Gasteiger partial charge in [0.05, 0.1) is 10.7 Å². The Morgan fingerprint density at radius 2 is 1.40 bits per heavy atom. The molecule has 0 bridgehead atoms. The molecule has 0 heterocycles. The van der Waals surface area contributed by atoms with Crippen molar-refractivity contribution in [3.8, 4) is 0 Å². The molecule has 0 atom stereocenters. The van der Waals surface area contributed by atoms with Crippen molar-refractivity contribution in [1.82, 2.24) is 0 Å². The van der Waals surface area contributed by atoms with Gasteiger partial charge in [0.15, 0.2) is 0 Å². The molecule has 140 valence electrons. The van der Waals surface area contributed by atoms with Crippen LogP contribution in [0.25, 0.3) is 0 Å². The van der Waals surface area contributed by atoms with Crippen molar-refractivity contribution in [2.24, 2.45) is 0 Å². The van der Waals surface area contributed by atoms with E-state index in [4.69, 9.17) is 11.6 Å². The van der Waals surface area contributed by atoms with Gasteiger partial charge in [0.2, 0.25) is 0 Å². The molecule has 0 N–H and O–H groups in total. The first-order valence-corrected chi connectivity index (χ1v) is 11.2. The highest BCUT2D eigenvalue weighted by Gasteiger charge is 2.25. The molecule has 1 aromatic rings. The van der Waals surface area contributed by atoms with Gasteiger partial charge in [-0.3, -0.25) is 0 Å². The average molecular weight is 362 g/mol. The summed E-state index contributed by atoms with van der Waals surface area (Å²) in [5.41, 5.74) is 2.70. The molecule has 1 nitrogen and oxygen atoms in total. The smallest absolute Gasteiger partial charge is 0.0674 e. The summed E-state index contributed by atoms with van der Waals surface area (Å²) in [6, 6.07) is 7.44. The predicted octanol–water partition coefficient (Wildman–Crippen LogP) is 7.72. The van der Waals surface area contributed by atoms with Gasteiger partial charge in [0.25, 0.3) is 0 Å². The minimum Gasteiger partial charge on any atom is -0.368 e. The summed E-state index contributed by atoms with van der Waals surface area (Å²) in [6.45, 7) is 3.34. The topological polar surface area (TPSA) is 3.24 Å². The lowest BCUT2D eigenvalue weighted by molar-refractivity contribution is 0.417. The van der Waals surface area contributed by atoms with Crippen LogP contribution in [-0.4, -0.2) is 12.6 Å². The second kappa shape index (κ2) is 9.86. The van der Waals surface area contributed by atoms with E-state index in [0.29, 0.717) is 12.0 Å². The Bertz CT molecular complexity index is 510. The third-order valence-electron chi connectivity index (χ3n) is 6.07. The normalized spacial score (nSPS) is 21.4. The van der Waals surface area contributed by atoms with E-state index in [-0.39, 0.29) is 0 Å². The second-order valence-corrected chi connectivity index (χ2v) is 8.53. The molecule has 0 radical (unpaired) electrons. The van der Waals surface area contributed by atoms with E-state index in [2.05, 4.69) is 30.0 Å². The van der Waals surface area contributed by atoms with E-state index >= 15 is 0 Å². The molecule has 0 spiro atoms. The zero-order chi connectivity index (χ0) is 17.5. The maximum absolute atomic E-state index is 6.89. The number of rotatable bonds is 4. The summed E-state index contributed by atoms with van der Waals surface area (Å²) >= 11 is 6.89. The first kappa shape index (κ1) is 19.1. The van der Waals surface area contributed by atoms with Gasteiger partial charge < -0.3 is 4.90 Å². The molecule has 2 heteroatoms. The highest BCUT2D eigenvalue weighted by Crippen LogP contribution is 2.41. The van der Waals surface area contributed by atoms with Crippen molar-refractivity contribution >= 4 is 17.3 Å². The molecular formula is C23H36ClN. The van der Waals surface area contributed by atoms with Crippen LogP contribution in [0.3, 0.4) is 0 Å². The van der Waals surface area contributed by atoms with Gasteiger partial charge >= 0.3 is 0 Å². The van der Waals surface area contributed by atoms with E-state index in [9.17, 15) is 0 Å². The standard InChI is InChI=1S/C20H30ClN.C3H6/c1-2-22(17-12-7-4-8-13-17)19-15-9-14-18(20(19)21)16-10-5-3-6-11-16;1-2-3-1/h9,14-17H,2-8,10-13H2,1H3;1-3H2. The summed E-state index contributed by atoms with van der Waals surface area (Å²) < 4.78 is 0. The quantitative estimate of drug-likeness (QED) is 0.530. The molecular weight excluding hydrogens is 326 g/mol. The van der Waals surface area contributed by atoms with Gasteiger partial charge in [0, 0.05) is 12.6 Å². The zero-order valence-corrected chi connectivity index (χ0v) is 16.9. The van der Waals surface area contributed by atoms with Gasteiger partial charge in [-0.05, 0) is 50.2 Å². The van der Waals surface area contributed by atoms with Crippen LogP contribution in [0.5, 0.6) is 0 Å². The first-order valence-electron chi connectivity index (χ1n) is 10.9. The fourth-order valence-electron chi connectivity index (χ4n) is 4.51. The van der Waals surface area contributed by atoms with Crippen LogP contribution in [0.1, 0.15) is 102 Å². The Morgan fingerprint density at radius 1 is 0.840 bits per heavy atom. The maximum atomic E-state index is 6.89. The molecule has 0 aromatic heterocycles. The Balaban J connectivity index is 0.000000549. The molecule has 3 aliphatic rings. The molecule has 0 saturated heterocycles. The molecule has 3 saturated carbocycles. The lowest BCUT2D eigenvalue weighted by Gasteiger charge is -2.36. The monoisotopic (exact) mass is 361 g/mol. The third-order valence-corrected chi connectivity index (χ3v) is 6.48. The molecule has 3 fully saturated rings. The van der Waals surface area contributed by atoms with Crippen LogP contribution >= 0.6 is 11.6 Å². The van der Waals surface area contributed by atoms with Crippen LogP contribution in [0.2, 0.25) is 5.02 Å². The molecule has 4 rings (SSSR count). The van der Waals surface area contributed by atoms with E-state index in [0.717, 1.165) is 11.6 Å². The molecule has 3 aliphatic carbocycles. The number of halogens is 1. The van der Waals surface area contributed by atoms with Crippen molar-refractivity contribution in [3.63, 3.8) is 0 Å². The molecule has 25 heavy (non-hydrogen) atoms. The highest BCUT2D eigenvalue weighted by molar-refractivity contribution is 6.34. The fraction of sp³-hybridized carbons (Fsp3) is 0.739. The average Bonchev–Trinajstić information content (AvgIpc) is 3.55. The Kier molecular flexibility index (Phi) is 7.52. The highest BCUT2D eigenvalue weighted by atomic mass is 35.5. The second-order valence-electron chi connectivity index (χ2n) is 8.15. The van der Waals surface area contributed by atoms with Gasteiger partial charge in [-0.25, -0.2) is 0 Å². The number of hydrogen-bond donors (Lipinski definition) is 0. The number of hydrogen-bond acceptors (Lipinski definition) is 1. The summed E-state index contributed by atoms with van der Waals surface area (Å²) in [7, 11) is 0. The lowest BCUT2D eigenvalue weighted by atomic mass is 9.83. The molecule has 0 unspecified atom stereocenters. The van der Waals surface area contributed by atoms with E-state index < -0.39 is 0 Å². The largest absolute Gasteiger partial charge is 0.368 e. The van der Waals surface area contributed by atoms with Crippen molar-refractivity contribution < 1.29 is 0 Å². The Morgan fingerprint density at radius 3 is 1.96 bits per heavy atom. The van der Waals surface area contributed by atoms with E-state index in [1.165, 1.54) is 94.7 Å². The first-order chi connectivity index (χ1) is 12.3. The lowest BCUT2D eigenvalue weighted by Crippen LogP contribution is -2.37. The predicted molar refractivity (Wildman–Crippen MR) is 111 cm³/mol. The van der Waals surface area contributed by atoms with Crippen LogP contribution < -0.4 is 4.90 Å². The van der Waals surface area contributed by atoms with Gasteiger partial charge in [-0.2, -0.15) is 0 Å². The number of anilines is 1. The molecule has 1 aromatic carbocycles. The van der Waals surface area contributed by atoms with Crippen molar-refractivity contribution in [2.45, 2.75) is 102 Å². The van der Waals surface area contributed by atoms with Crippen molar-refractivity contribution in [1.29, 1.82) is 0 Å². The van der Waals surface area contributed by atoms with Crippen LogP contribution in [0.15, 0.2) is 18.2 Å². The van der Waals surface area contributed by atoms with Crippen LogP contribution in [-0.2, 0) is 0 Å². The van der Waals surface area contributed by atoms with Gasteiger partial charge in [-0.15, -0.1) is 0 Å². The Labute approximate surface area is 160 Å². The summed E-state index contributed by atoms with van der Waals surface area (Å²) in [6.07, 6.45) is 18.1. The number of nitrogens with zero attached hydrogens (tertiary/aromatic N) is 1. The Hall–Kier alpha value is -0.690. The SMILES string of the molecule is C1CC1.CCN(c1cccc(C2CCCCC2)c1Cl)C1CCCCC1. The summed E-state index contributed by atoms with van der Waals surface area (Å²) in [5, 5.41) is 1.04. The molecule has 0 aliphatic heterocycles. The minimum absolute atomic E-state index is 0.686. The van der Waals surface area contributed by atoms with E-state index in [1.54, 1.807) is 0 Å². The maximum Gasteiger partial charge on any atom is 0.0674 e. The van der Waals surface area contributed by atoms with Crippen LogP contribution in [0, 0.1) is 0 Å². The van der Waals surface area contributed by atoms with Crippen molar-refractivity contribution in [2.75, 3.05) is 11.4 Å². The van der Waals surface area contributed by atoms with Crippen LogP contribution in [0.4, 0.5) is 5.69 Å². The minimum atomic E-state index is 0.686. The molecule has 0 amide bonds. The summed E-state index contributed by atoms with van der Waals surface area (Å²) in [5.74, 6) is 0.686. The van der Waals surface area contributed by atoms with Gasteiger partial charge in [0.1, 0.15) is 0 Å². The van der Waals surface area contributed by atoms with Gasteiger partial charge in [-0.1, -0.05) is 81.5 Å². The zero-order valence-electron chi connectivity index (χ0n) is 16.1. The third kappa shape index (κ3) is 5.39. The number of benzene rings is 1. The van der Waals surface area contributed by atoms with E-state index in [1.807, 2.05) is 0 Å². The fourth-order valence-corrected chi connectivity index (χ4v) is 4.89. The summed E-state index contributed by atoms with van der Waals surface area (Å²) in [4.78, 5) is 2.58. The van der Waals surface area contributed by atoms with Crippen molar-refractivity contribution in [3.05, 3.63) is 28.8 Å².